The second-order valence-electron chi connectivity index (χ2n) is 11.3. The first-order valence-corrected chi connectivity index (χ1v) is 16.5. The van der Waals surface area contributed by atoms with Crippen LogP contribution in [0.4, 0.5) is 5.82 Å². The third-order valence-corrected chi connectivity index (χ3v) is 13.1. The molecular weight excluding hydrogens is 498 g/mol. The minimum absolute atomic E-state index is 0.0708. The Morgan fingerprint density at radius 2 is 1.92 bits per heavy atom. The number of ether oxygens (including phenoxy) is 1. The Morgan fingerprint density at radius 3 is 2.36 bits per heavy atom. The van der Waals surface area contributed by atoms with Gasteiger partial charge in [0.15, 0.2) is 14.5 Å². The van der Waals surface area contributed by atoms with Gasteiger partial charge in [-0.3, -0.25) is 4.57 Å². The molecule has 2 unspecified atom stereocenters. The molecule has 2 heterocycles. The predicted octanol–water partition coefficient (Wildman–Crippen LogP) is 4.45. The number of nitrogens with zero attached hydrogens (tertiary/aromatic N) is 3. The second kappa shape index (κ2) is 12.3. The van der Waals surface area contributed by atoms with Crippen LogP contribution in [0.1, 0.15) is 63.0 Å². The van der Waals surface area contributed by atoms with Crippen LogP contribution < -0.4 is 10.9 Å². The molecule has 10 nitrogen and oxygen atoms in total. The molecule has 1 aromatic heterocycles. The number of nitrogens with one attached hydrogen (secondary N) is 1. The molecule has 2 N–H and O–H groups in total. The van der Waals surface area contributed by atoms with E-state index in [-0.39, 0.29) is 29.8 Å². The van der Waals surface area contributed by atoms with E-state index >= 15 is 0 Å². The summed E-state index contributed by atoms with van der Waals surface area (Å²) in [6.45, 7) is 20.5. The molecule has 13 heteroatoms. The molecule has 0 amide bonds. The third kappa shape index (κ3) is 7.38. The summed E-state index contributed by atoms with van der Waals surface area (Å²) >= 11 is 0. The first-order valence-electron chi connectivity index (χ1n) is 13.2. The molecule has 1 aliphatic rings. The molecule has 0 aromatic carbocycles. The highest BCUT2D eigenvalue weighted by Gasteiger charge is 2.52. The normalized spacial score (nSPS) is 24.5. The molecule has 1 fully saturated rings. The standard InChI is InChI=1S/C23H46BN4O6PSi/c1-15(2)28(16(3)4)35(31-10)33-19-17(5)32-21(20(19)34-36(11,12)23(6,7)8)27-14-13-18(25-22(27)29)26-24(9)30/h13-17,19-21,30H,1-12H3,(H,25,26,29)/t17-,19?,20+,21-,35?/m1/s1/i5D. The minimum Gasteiger partial charge on any atom is -0.433 e. The van der Waals surface area contributed by atoms with E-state index in [0.717, 1.165) is 0 Å². The van der Waals surface area contributed by atoms with Gasteiger partial charge in [0.05, 0.1) is 6.10 Å². The van der Waals surface area contributed by atoms with Crippen molar-refractivity contribution >= 4 is 29.7 Å². The van der Waals surface area contributed by atoms with Crippen molar-refractivity contribution in [3.05, 3.63) is 22.7 Å². The molecule has 36 heavy (non-hydrogen) atoms. The van der Waals surface area contributed by atoms with Gasteiger partial charge in [0.1, 0.15) is 18.0 Å². The van der Waals surface area contributed by atoms with Crippen molar-refractivity contribution in [1.29, 1.82) is 0 Å². The first kappa shape index (κ1) is 29.7. The van der Waals surface area contributed by atoms with Crippen molar-refractivity contribution < 1.29 is 24.6 Å². The zero-order valence-electron chi connectivity index (χ0n) is 24.7. The molecule has 0 aliphatic carbocycles. The molecule has 1 saturated heterocycles. The summed E-state index contributed by atoms with van der Waals surface area (Å²) in [5, 5.41) is 12.2. The van der Waals surface area contributed by atoms with Crippen molar-refractivity contribution in [2.75, 3.05) is 12.3 Å². The molecular formula is C23H46BN4O6PSi. The van der Waals surface area contributed by atoms with Crippen molar-refractivity contribution in [2.45, 2.75) is 117 Å². The summed E-state index contributed by atoms with van der Waals surface area (Å²) < 4.78 is 37.4. The fourth-order valence-electron chi connectivity index (χ4n) is 3.87. The fourth-order valence-corrected chi connectivity index (χ4v) is 6.76. The van der Waals surface area contributed by atoms with Gasteiger partial charge in [0.25, 0.3) is 8.53 Å². The lowest BCUT2D eigenvalue weighted by molar-refractivity contribution is -0.0310. The van der Waals surface area contributed by atoms with Gasteiger partial charge in [-0.1, -0.05) is 20.8 Å². The highest BCUT2D eigenvalue weighted by Crippen LogP contribution is 2.50. The lowest BCUT2D eigenvalue weighted by atomic mass is 9.89. The summed E-state index contributed by atoms with van der Waals surface area (Å²) in [6, 6.07) is 1.94. The highest BCUT2D eigenvalue weighted by molar-refractivity contribution is 7.44. The summed E-state index contributed by atoms with van der Waals surface area (Å²) in [5.74, 6) is 0.258. The lowest BCUT2D eigenvalue weighted by Crippen LogP contribution is -2.50. The van der Waals surface area contributed by atoms with Crippen molar-refractivity contribution in [1.82, 2.24) is 14.2 Å². The van der Waals surface area contributed by atoms with Crippen LogP contribution in [0.25, 0.3) is 0 Å². The van der Waals surface area contributed by atoms with Gasteiger partial charge in [0.2, 0.25) is 0 Å². The molecule has 1 aliphatic heterocycles. The summed E-state index contributed by atoms with van der Waals surface area (Å²) in [5.41, 5.74) is -0.552. The van der Waals surface area contributed by atoms with Crippen LogP contribution in [0.15, 0.2) is 17.1 Å². The van der Waals surface area contributed by atoms with E-state index in [9.17, 15) is 9.82 Å². The van der Waals surface area contributed by atoms with Crippen LogP contribution in [0.3, 0.4) is 0 Å². The van der Waals surface area contributed by atoms with E-state index < -0.39 is 54.1 Å². The van der Waals surface area contributed by atoms with E-state index in [1.54, 1.807) is 26.2 Å². The number of hydrogen-bond acceptors (Lipinski definition) is 9. The highest BCUT2D eigenvalue weighted by atomic mass is 31.2. The third-order valence-electron chi connectivity index (χ3n) is 6.60. The van der Waals surface area contributed by atoms with Crippen LogP contribution in [-0.4, -0.2) is 72.1 Å². The molecule has 0 bridgehead atoms. The van der Waals surface area contributed by atoms with Gasteiger partial charge in [-0.25, -0.2) is 9.46 Å². The van der Waals surface area contributed by atoms with Crippen molar-refractivity contribution in [3.8, 4) is 0 Å². The number of aromatic nitrogens is 2. The monoisotopic (exact) mass is 545 g/mol. The molecule has 206 valence electrons. The van der Waals surface area contributed by atoms with Gasteiger partial charge in [-0.05, 0) is 65.6 Å². The van der Waals surface area contributed by atoms with E-state index in [1.165, 1.54) is 4.57 Å². The second-order valence-corrected chi connectivity index (χ2v) is 17.6. The molecule has 0 spiro atoms. The predicted molar refractivity (Wildman–Crippen MR) is 149 cm³/mol. The minimum atomic E-state index is -2.36. The van der Waals surface area contributed by atoms with Crippen LogP contribution in [0, 0.1) is 0 Å². The Bertz CT molecular complexity index is 927. The molecule has 0 saturated carbocycles. The van der Waals surface area contributed by atoms with Gasteiger partial charge in [0, 0.05) is 26.8 Å². The Morgan fingerprint density at radius 1 is 1.31 bits per heavy atom. The Labute approximate surface area is 220 Å². The fraction of sp³-hybridized carbons (Fsp3) is 0.826. The van der Waals surface area contributed by atoms with E-state index in [0.29, 0.717) is 0 Å². The SMILES string of the molecule is [2H]C[C@H]1O[C@@H](n2ccc(NB(C)O)nc2=O)[C@@H](O[Si](C)(C)C(C)(C)C)C1OP(OC)N(C(C)C)C(C)C. The lowest BCUT2D eigenvalue weighted by Gasteiger charge is -2.42. The maximum absolute atomic E-state index is 13.1. The zero-order chi connectivity index (χ0) is 28.3. The van der Waals surface area contributed by atoms with E-state index in [2.05, 4.69) is 76.4 Å². The van der Waals surface area contributed by atoms with E-state index in [1.807, 2.05) is 0 Å². The Balaban J connectivity index is 2.55. The molecule has 2 rings (SSSR count). The maximum atomic E-state index is 13.1. The number of anilines is 1. The maximum Gasteiger partial charge on any atom is 0.408 e. The Kier molecular flexibility index (Phi) is 10.2. The molecule has 1 aromatic rings. The average molecular weight is 546 g/mol. The number of hydrogen-bond donors (Lipinski definition) is 2. The first-order chi connectivity index (χ1) is 17.0. The zero-order valence-corrected chi connectivity index (χ0v) is 25.6. The van der Waals surface area contributed by atoms with Crippen LogP contribution in [0.2, 0.25) is 25.0 Å². The smallest absolute Gasteiger partial charge is 0.408 e. The van der Waals surface area contributed by atoms with Crippen LogP contribution >= 0.6 is 8.53 Å². The Hall–Kier alpha value is -0.848. The van der Waals surface area contributed by atoms with Gasteiger partial charge in [-0.2, -0.15) is 4.98 Å². The van der Waals surface area contributed by atoms with Crippen LogP contribution in [-0.2, 0) is 18.2 Å². The van der Waals surface area contributed by atoms with Crippen LogP contribution in [0.5, 0.6) is 0 Å². The van der Waals surface area contributed by atoms with Gasteiger partial charge in [-0.15, -0.1) is 0 Å². The summed E-state index contributed by atoms with van der Waals surface area (Å²) in [6.07, 6.45) is -1.19. The van der Waals surface area contributed by atoms with E-state index in [4.69, 9.17) is 19.6 Å². The summed E-state index contributed by atoms with van der Waals surface area (Å²) in [7, 11) is -3.08. The number of rotatable bonds is 11. The average Bonchev–Trinajstić information content (AvgIpc) is 3.07. The van der Waals surface area contributed by atoms with Gasteiger partial charge >= 0.3 is 12.7 Å². The largest absolute Gasteiger partial charge is 0.433 e. The summed E-state index contributed by atoms with van der Waals surface area (Å²) in [4.78, 5) is 17.1. The topological polar surface area (TPSA) is 107 Å². The molecule has 0 radical (unpaired) electrons. The van der Waals surface area contributed by atoms with Crippen molar-refractivity contribution in [2.24, 2.45) is 0 Å². The molecule has 5 atom stereocenters. The van der Waals surface area contributed by atoms with Crippen molar-refractivity contribution in [3.63, 3.8) is 0 Å². The van der Waals surface area contributed by atoms with Gasteiger partial charge < -0.3 is 28.5 Å². The quantitative estimate of drug-likeness (QED) is 0.308.